The van der Waals surface area contributed by atoms with Crippen molar-refractivity contribution in [2.24, 2.45) is 0 Å². The molecular weight excluding hydrogens is 264 g/mol. The average molecular weight is 272 g/mol. The fraction of sp³-hybridized carbons (Fsp3) is 0. The van der Waals surface area contributed by atoms with Gasteiger partial charge in [-0.05, 0) is 30.3 Å². The molecule has 0 saturated heterocycles. The summed E-state index contributed by atoms with van der Waals surface area (Å²) in [4.78, 5) is 11.5. The largest absolute Gasteiger partial charge is 0.502 e. The van der Waals surface area contributed by atoms with Gasteiger partial charge in [0.25, 0.3) is 0 Å². The van der Waals surface area contributed by atoms with Crippen LogP contribution in [0.5, 0.6) is 5.75 Å². The van der Waals surface area contributed by atoms with Gasteiger partial charge >= 0.3 is 5.69 Å². The number of hydrogen-bond donors (Lipinski definition) is 1. The molecule has 94 valence electrons. The smallest absolute Gasteiger partial charge is 0.310 e. The van der Waals surface area contributed by atoms with E-state index in [0.717, 1.165) is 4.90 Å². The number of rotatable bonds is 3. The molecule has 0 aromatic heterocycles. The predicted octanol–water partition coefficient (Wildman–Crippen LogP) is 3.32. The number of nitriles is 1. The van der Waals surface area contributed by atoms with Crippen molar-refractivity contribution in [3.63, 3.8) is 0 Å². The third-order valence-electron chi connectivity index (χ3n) is 2.36. The van der Waals surface area contributed by atoms with E-state index in [-0.39, 0.29) is 11.4 Å². The zero-order chi connectivity index (χ0) is 13.8. The Morgan fingerprint density at radius 3 is 2.32 bits per heavy atom. The van der Waals surface area contributed by atoms with E-state index in [2.05, 4.69) is 0 Å². The van der Waals surface area contributed by atoms with Crippen molar-refractivity contribution in [2.45, 2.75) is 9.79 Å². The van der Waals surface area contributed by atoms with Crippen LogP contribution in [-0.2, 0) is 0 Å². The zero-order valence-electron chi connectivity index (χ0n) is 9.61. The van der Waals surface area contributed by atoms with E-state index >= 15 is 0 Å². The molecule has 0 fully saturated rings. The van der Waals surface area contributed by atoms with Gasteiger partial charge in [0.2, 0.25) is 0 Å². The van der Waals surface area contributed by atoms with E-state index in [4.69, 9.17) is 5.26 Å². The molecule has 0 aliphatic carbocycles. The molecule has 19 heavy (non-hydrogen) atoms. The van der Waals surface area contributed by atoms with Gasteiger partial charge in [-0.3, -0.25) is 10.1 Å². The summed E-state index contributed by atoms with van der Waals surface area (Å²) in [6.07, 6.45) is 0. The standard InChI is InChI=1S/C13H8N2O3S/c14-8-9-1-3-10(4-2-9)19-11-5-6-12(15(17)18)13(16)7-11/h1-7,16H. The maximum Gasteiger partial charge on any atom is 0.310 e. The molecule has 0 aliphatic heterocycles. The third kappa shape index (κ3) is 3.03. The van der Waals surface area contributed by atoms with Crippen molar-refractivity contribution in [3.05, 3.63) is 58.1 Å². The second kappa shape index (κ2) is 5.42. The number of hydrogen-bond acceptors (Lipinski definition) is 5. The molecule has 5 nitrogen and oxygen atoms in total. The molecule has 2 aromatic rings. The lowest BCUT2D eigenvalue weighted by molar-refractivity contribution is -0.385. The minimum atomic E-state index is -0.633. The van der Waals surface area contributed by atoms with Gasteiger partial charge < -0.3 is 5.11 Å². The van der Waals surface area contributed by atoms with Crippen LogP contribution in [0, 0.1) is 21.4 Å². The number of benzene rings is 2. The van der Waals surface area contributed by atoms with Crippen LogP contribution in [0.2, 0.25) is 0 Å². The monoisotopic (exact) mass is 272 g/mol. The molecule has 0 radical (unpaired) electrons. The highest BCUT2D eigenvalue weighted by molar-refractivity contribution is 7.99. The van der Waals surface area contributed by atoms with Gasteiger partial charge in [0, 0.05) is 21.9 Å². The minimum absolute atomic E-state index is 0.316. The van der Waals surface area contributed by atoms with E-state index in [0.29, 0.717) is 10.5 Å². The lowest BCUT2D eigenvalue weighted by Gasteiger charge is -2.03. The van der Waals surface area contributed by atoms with E-state index in [9.17, 15) is 15.2 Å². The van der Waals surface area contributed by atoms with Crippen LogP contribution in [0.1, 0.15) is 5.56 Å². The first-order chi connectivity index (χ1) is 9.10. The number of nitrogens with zero attached hydrogens (tertiary/aromatic N) is 2. The summed E-state index contributed by atoms with van der Waals surface area (Å²) in [5.41, 5.74) is 0.250. The zero-order valence-corrected chi connectivity index (χ0v) is 10.4. The van der Waals surface area contributed by atoms with Gasteiger partial charge in [0.05, 0.1) is 16.6 Å². The summed E-state index contributed by atoms with van der Waals surface area (Å²) in [7, 11) is 0. The molecule has 0 atom stereocenters. The maximum absolute atomic E-state index is 10.6. The number of aromatic hydroxyl groups is 1. The molecule has 0 saturated carbocycles. The number of nitro benzene ring substituents is 1. The third-order valence-corrected chi connectivity index (χ3v) is 3.36. The van der Waals surface area contributed by atoms with E-state index in [1.54, 1.807) is 30.3 Å². The highest BCUT2D eigenvalue weighted by Crippen LogP contribution is 2.34. The average Bonchev–Trinajstić information content (AvgIpc) is 2.39. The van der Waals surface area contributed by atoms with Crippen molar-refractivity contribution in [2.75, 3.05) is 0 Å². The van der Waals surface area contributed by atoms with Crippen LogP contribution >= 0.6 is 11.8 Å². The van der Waals surface area contributed by atoms with Gasteiger partial charge in [-0.25, -0.2) is 0 Å². The summed E-state index contributed by atoms with van der Waals surface area (Å²) >= 11 is 1.35. The Hall–Kier alpha value is -2.52. The Morgan fingerprint density at radius 2 is 1.79 bits per heavy atom. The molecular formula is C13H8N2O3S. The minimum Gasteiger partial charge on any atom is -0.502 e. The molecule has 2 rings (SSSR count). The molecule has 0 unspecified atom stereocenters. The Balaban J connectivity index is 2.21. The van der Waals surface area contributed by atoms with Crippen molar-refractivity contribution in [1.29, 1.82) is 5.26 Å². The summed E-state index contributed by atoms with van der Waals surface area (Å²) in [5, 5.41) is 28.8. The lowest BCUT2D eigenvalue weighted by atomic mass is 10.2. The summed E-state index contributed by atoms with van der Waals surface area (Å²) in [5.74, 6) is -0.358. The van der Waals surface area contributed by atoms with E-state index in [1.807, 2.05) is 6.07 Å². The summed E-state index contributed by atoms with van der Waals surface area (Å²) in [6.45, 7) is 0. The lowest BCUT2D eigenvalue weighted by Crippen LogP contribution is -1.88. The quantitative estimate of drug-likeness (QED) is 0.684. The van der Waals surface area contributed by atoms with Gasteiger partial charge in [-0.1, -0.05) is 11.8 Å². The van der Waals surface area contributed by atoms with Crippen LogP contribution in [-0.4, -0.2) is 10.0 Å². The number of nitro groups is 1. The summed E-state index contributed by atoms with van der Waals surface area (Å²) in [6, 6.07) is 13.1. The molecule has 6 heteroatoms. The van der Waals surface area contributed by atoms with Crippen molar-refractivity contribution in [3.8, 4) is 11.8 Å². The molecule has 0 spiro atoms. The summed E-state index contributed by atoms with van der Waals surface area (Å²) < 4.78 is 0. The predicted molar refractivity (Wildman–Crippen MR) is 70.0 cm³/mol. The molecule has 0 bridgehead atoms. The first-order valence-corrected chi connectivity index (χ1v) is 6.07. The van der Waals surface area contributed by atoms with E-state index in [1.165, 1.54) is 23.9 Å². The van der Waals surface area contributed by atoms with Crippen molar-refractivity contribution in [1.82, 2.24) is 0 Å². The molecule has 2 aromatic carbocycles. The highest BCUT2D eigenvalue weighted by atomic mass is 32.2. The van der Waals surface area contributed by atoms with Gasteiger partial charge in [0.1, 0.15) is 0 Å². The van der Waals surface area contributed by atoms with Crippen LogP contribution in [0.4, 0.5) is 5.69 Å². The first kappa shape index (κ1) is 12.9. The second-order valence-corrected chi connectivity index (χ2v) is 4.79. The maximum atomic E-state index is 10.6. The van der Waals surface area contributed by atoms with Crippen molar-refractivity contribution < 1.29 is 10.0 Å². The van der Waals surface area contributed by atoms with Crippen LogP contribution in [0.3, 0.4) is 0 Å². The van der Waals surface area contributed by atoms with Gasteiger partial charge in [-0.15, -0.1) is 0 Å². The fourth-order valence-corrected chi connectivity index (χ4v) is 2.31. The Kier molecular flexibility index (Phi) is 3.68. The molecule has 1 N–H and O–H groups in total. The van der Waals surface area contributed by atoms with Gasteiger partial charge in [-0.2, -0.15) is 5.26 Å². The SMILES string of the molecule is N#Cc1ccc(Sc2ccc([N+](=O)[O-])c(O)c2)cc1. The fourth-order valence-electron chi connectivity index (χ4n) is 1.45. The van der Waals surface area contributed by atoms with E-state index < -0.39 is 4.92 Å². The second-order valence-electron chi connectivity index (χ2n) is 3.65. The Morgan fingerprint density at radius 1 is 1.16 bits per heavy atom. The highest BCUT2D eigenvalue weighted by Gasteiger charge is 2.13. The Bertz CT molecular complexity index is 663. The normalized spacial score (nSPS) is 9.84. The molecule has 0 heterocycles. The molecule has 0 aliphatic rings. The number of phenolic OH excluding ortho intramolecular Hbond substituents is 1. The number of phenols is 1. The first-order valence-electron chi connectivity index (χ1n) is 5.25. The topological polar surface area (TPSA) is 87.2 Å². The van der Waals surface area contributed by atoms with Crippen LogP contribution < -0.4 is 0 Å². The molecule has 0 amide bonds. The van der Waals surface area contributed by atoms with Crippen LogP contribution in [0.15, 0.2) is 52.3 Å². The van der Waals surface area contributed by atoms with Crippen LogP contribution in [0.25, 0.3) is 0 Å². The Labute approximate surface area is 113 Å². The van der Waals surface area contributed by atoms with Crippen molar-refractivity contribution >= 4 is 17.4 Å². The van der Waals surface area contributed by atoms with Gasteiger partial charge in [0.15, 0.2) is 5.75 Å².